The van der Waals surface area contributed by atoms with Crippen molar-refractivity contribution in [1.82, 2.24) is 10.3 Å². The van der Waals surface area contributed by atoms with Crippen molar-refractivity contribution in [2.45, 2.75) is 6.18 Å². The number of carbonyl (C=O) groups excluding carboxylic acids is 2. The van der Waals surface area contributed by atoms with E-state index in [1.165, 1.54) is 12.1 Å². The molecule has 0 radical (unpaired) electrons. The first-order chi connectivity index (χ1) is 15.0. The van der Waals surface area contributed by atoms with Crippen LogP contribution in [0.15, 0.2) is 48.7 Å². The van der Waals surface area contributed by atoms with Crippen LogP contribution in [-0.2, 0) is 6.18 Å². The number of aromatic nitrogens is 1. The Hall–Kier alpha value is -3.01. The SMILES string of the molecule is O=C(NC(=O)c1ccccc1Cl)Nc1cc(Cl)c(-c2ccc(C(F)(F)F)cn2)c(Cl)c1O. The van der Waals surface area contributed by atoms with Crippen LogP contribution in [0.2, 0.25) is 15.1 Å². The van der Waals surface area contributed by atoms with Crippen LogP contribution in [0.3, 0.4) is 0 Å². The zero-order chi connectivity index (χ0) is 23.6. The number of alkyl halides is 3. The number of aromatic hydroxyl groups is 1. The minimum Gasteiger partial charge on any atom is -0.504 e. The molecule has 12 heteroatoms. The highest BCUT2D eigenvalue weighted by Gasteiger charge is 2.31. The Morgan fingerprint density at radius 1 is 1.00 bits per heavy atom. The number of pyridine rings is 1. The molecular weight excluding hydrogens is 494 g/mol. The second-order valence-corrected chi connectivity index (χ2v) is 7.45. The number of nitrogens with zero attached hydrogens (tertiary/aromatic N) is 1. The minimum atomic E-state index is -4.58. The molecule has 0 spiro atoms. The summed E-state index contributed by atoms with van der Waals surface area (Å²) < 4.78 is 38.2. The van der Waals surface area contributed by atoms with Crippen LogP contribution in [0.25, 0.3) is 11.3 Å². The molecule has 1 aromatic heterocycles. The second-order valence-electron chi connectivity index (χ2n) is 6.26. The molecule has 3 N–H and O–H groups in total. The summed E-state index contributed by atoms with van der Waals surface area (Å²) in [5.74, 6) is -1.43. The van der Waals surface area contributed by atoms with Gasteiger partial charge in [-0.3, -0.25) is 15.1 Å². The molecule has 2 aromatic carbocycles. The number of anilines is 1. The molecule has 32 heavy (non-hydrogen) atoms. The summed E-state index contributed by atoms with van der Waals surface area (Å²) in [6.07, 6.45) is -3.98. The third-order valence-electron chi connectivity index (χ3n) is 4.13. The number of urea groups is 1. The van der Waals surface area contributed by atoms with Gasteiger partial charge in [-0.15, -0.1) is 0 Å². The molecule has 0 atom stereocenters. The van der Waals surface area contributed by atoms with Crippen molar-refractivity contribution in [3.05, 3.63) is 74.9 Å². The normalized spacial score (nSPS) is 11.2. The molecule has 0 saturated heterocycles. The number of phenols is 1. The molecule has 0 aliphatic carbocycles. The van der Waals surface area contributed by atoms with E-state index in [1.54, 1.807) is 12.1 Å². The average molecular weight is 505 g/mol. The van der Waals surface area contributed by atoms with Crippen LogP contribution in [0, 0.1) is 0 Å². The zero-order valence-electron chi connectivity index (χ0n) is 15.6. The summed E-state index contributed by atoms with van der Waals surface area (Å²) in [5.41, 5.74) is -1.25. The van der Waals surface area contributed by atoms with Gasteiger partial charge in [0.2, 0.25) is 0 Å². The highest BCUT2D eigenvalue weighted by molar-refractivity contribution is 6.41. The van der Waals surface area contributed by atoms with E-state index in [4.69, 9.17) is 34.8 Å². The standard InChI is InChI=1S/C20H11Cl3F3N3O3/c21-11-4-2-1-3-10(11)18(31)29-19(32)28-14-7-12(22)15(16(23)17(14)30)13-6-5-9(8-27-13)20(24,25)26/h1-8,30H,(H2,28,29,31,32). The molecule has 166 valence electrons. The second kappa shape index (κ2) is 9.23. The Morgan fingerprint density at radius 2 is 1.69 bits per heavy atom. The Morgan fingerprint density at radius 3 is 2.28 bits per heavy atom. The van der Waals surface area contributed by atoms with Crippen molar-refractivity contribution in [1.29, 1.82) is 0 Å². The third kappa shape index (κ3) is 5.07. The van der Waals surface area contributed by atoms with Gasteiger partial charge in [-0.25, -0.2) is 4.79 Å². The van der Waals surface area contributed by atoms with Crippen LogP contribution < -0.4 is 10.6 Å². The number of phenolic OH excluding ortho intramolecular Hbond substituents is 1. The highest BCUT2D eigenvalue weighted by Crippen LogP contribution is 2.44. The van der Waals surface area contributed by atoms with Gasteiger partial charge in [-0.05, 0) is 30.3 Å². The van der Waals surface area contributed by atoms with Crippen molar-refractivity contribution >= 4 is 52.4 Å². The van der Waals surface area contributed by atoms with Crippen LogP contribution in [0.1, 0.15) is 15.9 Å². The number of nitrogens with one attached hydrogen (secondary N) is 2. The Bertz CT molecular complexity index is 1200. The summed E-state index contributed by atoms with van der Waals surface area (Å²) >= 11 is 18.2. The first-order valence-corrected chi connectivity index (χ1v) is 9.74. The molecular formula is C20H11Cl3F3N3O3. The van der Waals surface area contributed by atoms with Crippen LogP contribution in [0.4, 0.5) is 23.7 Å². The summed E-state index contributed by atoms with van der Waals surface area (Å²) in [5, 5.41) is 14.2. The van der Waals surface area contributed by atoms with Gasteiger partial charge in [0.05, 0.1) is 37.6 Å². The van der Waals surface area contributed by atoms with Crippen molar-refractivity contribution in [3.8, 4) is 17.0 Å². The van der Waals surface area contributed by atoms with Gasteiger partial charge >= 0.3 is 12.2 Å². The monoisotopic (exact) mass is 503 g/mol. The first kappa shape index (κ1) is 23.6. The fourth-order valence-corrected chi connectivity index (χ4v) is 3.49. The van der Waals surface area contributed by atoms with Crippen molar-refractivity contribution < 1.29 is 27.9 Å². The summed E-state index contributed by atoms with van der Waals surface area (Å²) in [6.45, 7) is 0. The number of amides is 3. The van der Waals surface area contributed by atoms with E-state index in [0.717, 1.165) is 18.2 Å². The van der Waals surface area contributed by atoms with Crippen LogP contribution >= 0.6 is 34.8 Å². The van der Waals surface area contributed by atoms with Gasteiger partial charge in [0.25, 0.3) is 5.91 Å². The van der Waals surface area contributed by atoms with E-state index in [-0.39, 0.29) is 37.6 Å². The maximum atomic E-state index is 12.7. The lowest BCUT2D eigenvalue weighted by atomic mass is 10.1. The number of imide groups is 1. The predicted octanol–water partition coefficient (Wildman–Crippen LogP) is 6.40. The molecule has 0 aliphatic rings. The fraction of sp³-hybridized carbons (Fsp3) is 0.0500. The van der Waals surface area contributed by atoms with Gasteiger partial charge in [0, 0.05) is 11.8 Å². The molecule has 3 aromatic rings. The largest absolute Gasteiger partial charge is 0.504 e. The number of hydrogen-bond donors (Lipinski definition) is 3. The maximum Gasteiger partial charge on any atom is 0.417 e. The molecule has 0 unspecified atom stereocenters. The van der Waals surface area contributed by atoms with Crippen molar-refractivity contribution in [2.75, 3.05) is 5.32 Å². The minimum absolute atomic E-state index is 0.0341. The molecule has 1 heterocycles. The smallest absolute Gasteiger partial charge is 0.417 e. The van der Waals surface area contributed by atoms with Gasteiger partial charge in [0.15, 0.2) is 5.75 Å². The Labute approximate surface area is 193 Å². The summed E-state index contributed by atoms with van der Waals surface area (Å²) in [6, 6.07) is 7.94. The molecule has 3 amide bonds. The van der Waals surface area contributed by atoms with Gasteiger partial charge in [-0.1, -0.05) is 46.9 Å². The first-order valence-electron chi connectivity index (χ1n) is 8.60. The Kier molecular flexibility index (Phi) is 6.82. The van der Waals surface area contributed by atoms with Gasteiger partial charge in [0.1, 0.15) is 0 Å². The average Bonchev–Trinajstić information content (AvgIpc) is 2.71. The van der Waals surface area contributed by atoms with E-state index >= 15 is 0 Å². The lowest BCUT2D eigenvalue weighted by molar-refractivity contribution is -0.137. The molecule has 0 fully saturated rings. The quantitative estimate of drug-likeness (QED) is 0.360. The molecule has 0 aliphatic heterocycles. The van der Waals surface area contributed by atoms with Crippen molar-refractivity contribution in [3.63, 3.8) is 0 Å². The summed E-state index contributed by atoms with van der Waals surface area (Å²) in [7, 11) is 0. The van der Waals surface area contributed by atoms with Gasteiger partial charge < -0.3 is 10.4 Å². The number of halogens is 6. The molecule has 3 rings (SSSR count). The maximum absolute atomic E-state index is 12.7. The van der Waals surface area contributed by atoms with E-state index < -0.39 is 29.4 Å². The van der Waals surface area contributed by atoms with Crippen LogP contribution in [-0.4, -0.2) is 22.0 Å². The number of hydrogen-bond acceptors (Lipinski definition) is 4. The van der Waals surface area contributed by atoms with E-state index in [2.05, 4.69) is 10.3 Å². The number of rotatable bonds is 3. The van der Waals surface area contributed by atoms with Gasteiger partial charge in [-0.2, -0.15) is 13.2 Å². The fourth-order valence-electron chi connectivity index (χ4n) is 2.62. The molecule has 6 nitrogen and oxygen atoms in total. The zero-order valence-corrected chi connectivity index (χ0v) is 17.9. The third-order valence-corrected chi connectivity index (χ3v) is 5.13. The highest BCUT2D eigenvalue weighted by atomic mass is 35.5. The Balaban J connectivity index is 1.83. The van der Waals surface area contributed by atoms with E-state index in [9.17, 15) is 27.9 Å². The molecule has 0 bridgehead atoms. The predicted molar refractivity (Wildman–Crippen MR) is 114 cm³/mol. The van der Waals surface area contributed by atoms with Crippen LogP contribution in [0.5, 0.6) is 5.75 Å². The van der Waals surface area contributed by atoms with E-state index in [0.29, 0.717) is 6.20 Å². The number of carbonyl (C=O) groups is 2. The van der Waals surface area contributed by atoms with Crippen molar-refractivity contribution in [2.24, 2.45) is 0 Å². The summed E-state index contributed by atoms with van der Waals surface area (Å²) in [4.78, 5) is 28.0. The topological polar surface area (TPSA) is 91.3 Å². The lowest BCUT2D eigenvalue weighted by Crippen LogP contribution is -2.34. The molecule has 0 saturated carbocycles. The lowest BCUT2D eigenvalue weighted by Gasteiger charge is -2.14. The van der Waals surface area contributed by atoms with E-state index in [1.807, 2.05) is 5.32 Å². The number of benzene rings is 2.